The second kappa shape index (κ2) is 6.64. The van der Waals surface area contributed by atoms with Crippen molar-refractivity contribution in [2.24, 2.45) is 4.99 Å². The molecule has 0 aromatic heterocycles. The zero-order valence-electron chi connectivity index (χ0n) is 11.2. The first-order valence-electron chi connectivity index (χ1n) is 5.79. The second-order valence-corrected chi connectivity index (χ2v) is 3.72. The van der Waals surface area contributed by atoms with Crippen molar-refractivity contribution in [3.05, 3.63) is 24.3 Å². The molecule has 0 bridgehead atoms. The van der Waals surface area contributed by atoms with Gasteiger partial charge in [-0.2, -0.15) is 0 Å². The number of benzene rings is 1. The summed E-state index contributed by atoms with van der Waals surface area (Å²) in [5.74, 6) is 0.918. The summed E-state index contributed by atoms with van der Waals surface area (Å²) in [4.78, 5) is 17.3. The van der Waals surface area contributed by atoms with Crippen molar-refractivity contribution in [3.63, 3.8) is 0 Å². The average molecular weight is 249 g/mol. The number of carbonyl (C=O) groups excluding carboxylic acids is 1. The van der Waals surface area contributed by atoms with E-state index in [1.807, 2.05) is 43.1 Å². The van der Waals surface area contributed by atoms with E-state index in [0.29, 0.717) is 12.3 Å². The molecule has 0 saturated carbocycles. The summed E-state index contributed by atoms with van der Waals surface area (Å²) in [5.41, 5.74) is 1.71. The molecule has 1 amide bonds. The molecule has 18 heavy (non-hydrogen) atoms. The van der Waals surface area contributed by atoms with Gasteiger partial charge in [0.25, 0.3) is 0 Å². The van der Waals surface area contributed by atoms with Crippen LogP contribution in [0.4, 0.5) is 16.2 Å². The molecule has 0 heterocycles. The van der Waals surface area contributed by atoms with Crippen LogP contribution in [0.15, 0.2) is 29.3 Å². The number of aliphatic imine (C=N–C) groups is 1. The highest BCUT2D eigenvalue weighted by atomic mass is 16.5. The number of hydrogen-bond acceptors (Lipinski definition) is 3. The first-order chi connectivity index (χ1) is 8.58. The Kier molecular flexibility index (Phi) is 5.17. The number of amides is 1. The maximum Gasteiger partial charge on any atom is 0.411 e. The highest BCUT2D eigenvalue weighted by Crippen LogP contribution is 2.17. The molecule has 0 fully saturated rings. The first kappa shape index (κ1) is 14.0. The summed E-state index contributed by atoms with van der Waals surface area (Å²) >= 11 is 0. The van der Waals surface area contributed by atoms with E-state index < -0.39 is 6.09 Å². The number of anilines is 2. The van der Waals surface area contributed by atoms with Gasteiger partial charge in [0, 0.05) is 25.5 Å². The Morgan fingerprint density at radius 2 is 2.00 bits per heavy atom. The lowest BCUT2D eigenvalue weighted by atomic mass is 10.2. The predicted octanol–water partition coefficient (Wildman–Crippen LogP) is 2.74. The van der Waals surface area contributed by atoms with Gasteiger partial charge in [-0.1, -0.05) is 0 Å². The number of rotatable bonds is 3. The Labute approximate surface area is 107 Å². The van der Waals surface area contributed by atoms with Crippen LogP contribution in [0.1, 0.15) is 13.8 Å². The molecule has 5 heteroatoms. The minimum absolute atomic E-state index is 0.360. The maximum absolute atomic E-state index is 11.2. The summed E-state index contributed by atoms with van der Waals surface area (Å²) in [7, 11) is 3.69. The number of hydrogen-bond donors (Lipinski definition) is 1. The summed E-state index contributed by atoms with van der Waals surface area (Å²) < 4.78 is 4.80. The Morgan fingerprint density at radius 3 is 2.50 bits per heavy atom. The van der Waals surface area contributed by atoms with Gasteiger partial charge < -0.3 is 9.64 Å². The van der Waals surface area contributed by atoms with Crippen LogP contribution in [-0.2, 0) is 4.74 Å². The van der Waals surface area contributed by atoms with Gasteiger partial charge in [-0.3, -0.25) is 10.3 Å². The minimum atomic E-state index is -0.440. The number of carbonyl (C=O) groups is 1. The average Bonchev–Trinajstić information content (AvgIpc) is 2.38. The molecule has 0 atom stereocenters. The van der Waals surface area contributed by atoms with Crippen molar-refractivity contribution in [2.75, 3.05) is 30.9 Å². The second-order valence-electron chi connectivity index (χ2n) is 3.72. The summed E-state index contributed by atoms with van der Waals surface area (Å²) in [6.45, 7) is 4.06. The van der Waals surface area contributed by atoms with E-state index in [1.165, 1.54) is 0 Å². The molecule has 1 aromatic carbocycles. The Bertz CT molecular complexity index is 426. The fourth-order valence-corrected chi connectivity index (χ4v) is 1.39. The topological polar surface area (TPSA) is 53.9 Å². The van der Waals surface area contributed by atoms with Crippen molar-refractivity contribution < 1.29 is 9.53 Å². The standard InChI is InChI=1S/C13H19N3O2/c1-5-18-13(17)15-11-6-8-12(9-7-11)16(4)10(2)14-3/h6-9H,5H2,1-4H3,(H,15,17). The van der Waals surface area contributed by atoms with Crippen LogP contribution >= 0.6 is 0 Å². The number of nitrogens with zero attached hydrogens (tertiary/aromatic N) is 2. The molecule has 1 aromatic rings. The summed E-state index contributed by atoms with van der Waals surface area (Å²) in [5, 5.41) is 2.64. The van der Waals surface area contributed by atoms with Crippen LogP contribution in [0.3, 0.4) is 0 Å². The fraction of sp³-hybridized carbons (Fsp3) is 0.385. The SMILES string of the molecule is CCOC(=O)Nc1ccc(N(C)C(C)=NC)cc1. The highest BCUT2D eigenvalue weighted by Gasteiger charge is 2.05. The molecule has 0 aliphatic carbocycles. The van der Waals surface area contributed by atoms with Crippen LogP contribution in [0.2, 0.25) is 0 Å². The quantitative estimate of drug-likeness (QED) is 0.662. The largest absolute Gasteiger partial charge is 0.450 e. The molecule has 0 radical (unpaired) electrons. The Hall–Kier alpha value is -2.04. The summed E-state index contributed by atoms with van der Waals surface area (Å²) in [6, 6.07) is 7.48. The van der Waals surface area contributed by atoms with Gasteiger partial charge >= 0.3 is 6.09 Å². The lowest BCUT2D eigenvalue weighted by Gasteiger charge is -2.18. The van der Waals surface area contributed by atoms with Gasteiger partial charge in [0.05, 0.1) is 12.4 Å². The highest BCUT2D eigenvalue weighted by molar-refractivity contribution is 5.95. The molecule has 0 unspecified atom stereocenters. The molecule has 0 saturated heterocycles. The molecule has 1 N–H and O–H groups in total. The monoisotopic (exact) mass is 249 g/mol. The molecule has 5 nitrogen and oxygen atoms in total. The van der Waals surface area contributed by atoms with Crippen molar-refractivity contribution in [1.82, 2.24) is 0 Å². The van der Waals surface area contributed by atoms with E-state index in [0.717, 1.165) is 11.5 Å². The minimum Gasteiger partial charge on any atom is -0.450 e. The molecule has 98 valence electrons. The third-order valence-corrected chi connectivity index (χ3v) is 2.59. The van der Waals surface area contributed by atoms with Gasteiger partial charge in [-0.25, -0.2) is 4.79 Å². The Balaban J connectivity index is 2.71. The Morgan fingerprint density at radius 1 is 1.39 bits per heavy atom. The van der Waals surface area contributed by atoms with Crippen LogP contribution in [0.5, 0.6) is 0 Å². The van der Waals surface area contributed by atoms with Crippen LogP contribution in [0, 0.1) is 0 Å². The zero-order valence-corrected chi connectivity index (χ0v) is 11.2. The number of ether oxygens (including phenoxy) is 1. The molecule has 0 spiro atoms. The van der Waals surface area contributed by atoms with E-state index in [1.54, 1.807) is 14.0 Å². The third kappa shape index (κ3) is 3.76. The summed E-state index contributed by atoms with van der Waals surface area (Å²) in [6.07, 6.45) is -0.440. The van der Waals surface area contributed by atoms with Crippen LogP contribution < -0.4 is 10.2 Å². The van der Waals surface area contributed by atoms with E-state index in [2.05, 4.69) is 10.3 Å². The zero-order chi connectivity index (χ0) is 13.5. The fourth-order valence-electron chi connectivity index (χ4n) is 1.39. The van der Waals surface area contributed by atoms with Crippen molar-refractivity contribution >= 4 is 23.3 Å². The van der Waals surface area contributed by atoms with Crippen LogP contribution in [0.25, 0.3) is 0 Å². The van der Waals surface area contributed by atoms with Crippen molar-refractivity contribution in [3.8, 4) is 0 Å². The number of nitrogens with one attached hydrogen (secondary N) is 1. The molecule has 0 aliphatic heterocycles. The normalized spacial score (nSPS) is 11.0. The molecule has 0 aliphatic rings. The van der Waals surface area contributed by atoms with E-state index in [9.17, 15) is 4.79 Å². The third-order valence-electron chi connectivity index (χ3n) is 2.59. The van der Waals surface area contributed by atoms with Crippen molar-refractivity contribution in [1.29, 1.82) is 0 Å². The van der Waals surface area contributed by atoms with Gasteiger partial charge in [-0.05, 0) is 38.1 Å². The molecule has 1 rings (SSSR count). The number of amidine groups is 1. The van der Waals surface area contributed by atoms with E-state index >= 15 is 0 Å². The van der Waals surface area contributed by atoms with E-state index in [-0.39, 0.29) is 0 Å². The van der Waals surface area contributed by atoms with Gasteiger partial charge in [0.1, 0.15) is 0 Å². The maximum atomic E-state index is 11.2. The van der Waals surface area contributed by atoms with Crippen LogP contribution in [-0.4, -0.2) is 32.6 Å². The van der Waals surface area contributed by atoms with Crippen molar-refractivity contribution in [2.45, 2.75) is 13.8 Å². The van der Waals surface area contributed by atoms with Gasteiger partial charge in [0.15, 0.2) is 0 Å². The first-order valence-corrected chi connectivity index (χ1v) is 5.79. The van der Waals surface area contributed by atoms with Gasteiger partial charge in [-0.15, -0.1) is 0 Å². The van der Waals surface area contributed by atoms with E-state index in [4.69, 9.17) is 4.74 Å². The lowest BCUT2D eigenvalue weighted by molar-refractivity contribution is 0.168. The smallest absolute Gasteiger partial charge is 0.411 e. The molecular formula is C13H19N3O2. The molecular weight excluding hydrogens is 230 g/mol. The van der Waals surface area contributed by atoms with Gasteiger partial charge in [0.2, 0.25) is 0 Å². The lowest BCUT2D eigenvalue weighted by Crippen LogP contribution is -2.23. The predicted molar refractivity (Wildman–Crippen MR) is 74.5 cm³/mol.